The van der Waals surface area contributed by atoms with E-state index in [0.29, 0.717) is 11.6 Å². The lowest BCUT2D eigenvalue weighted by Gasteiger charge is -2.24. The number of methoxy groups -OCH3 is 1. The molecule has 1 heterocycles. The summed E-state index contributed by atoms with van der Waals surface area (Å²) in [6.45, 7) is 3.66. The summed E-state index contributed by atoms with van der Waals surface area (Å²) in [5.41, 5.74) is 1.45. The number of aromatic nitrogens is 2. The van der Waals surface area contributed by atoms with Crippen molar-refractivity contribution in [1.82, 2.24) is 9.78 Å². The van der Waals surface area contributed by atoms with Crippen LogP contribution in [0.15, 0.2) is 24.3 Å². The van der Waals surface area contributed by atoms with Crippen LogP contribution in [0.2, 0.25) is 5.15 Å². The van der Waals surface area contributed by atoms with Crippen LogP contribution in [-0.4, -0.2) is 22.0 Å². The van der Waals surface area contributed by atoms with Gasteiger partial charge in [-0.2, -0.15) is 5.10 Å². The molecule has 0 spiro atoms. The Morgan fingerprint density at radius 3 is 2.70 bits per heavy atom. The molecule has 1 aromatic heterocycles. The maximum atomic E-state index is 10.8. The highest BCUT2D eigenvalue weighted by Crippen LogP contribution is 2.31. The highest BCUT2D eigenvalue weighted by molar-refractivity contribution is 6.30. The van der Waals surface area contributed by atoms with E-state index in [2.05, 4.69) is 5.10 Å². The Morgan fingerprint density at radius 2 is 2.15 bits per heavy atom. The van der Waals surface area contributed by atoms with Crippen LogP contribution >= 0.6 is 11.6 Å². The molecule has 20 heavy (non-hydrogen) atoms. The number of aliphatic hydroxyl groups is 1. The number of rotatable bonds is 4. The predicted molar refractivity (Wildman–Crippen MR) is 79.2 cm³/mol. The summed E-state index contributed by atoms with van der Waals surface area (Å²) in [4.78, 5) is 0. The third-order valence-electron chi connectivity index (χ3n) is 3.48. The molecular formula is C15H19ClN2O2. The van der Waals surface area contributed by atoms with Crippen LogP contribution in [0, 0.1) is 6.92 Å². The van der Waals surface area contributed by atoms with Gasteiger partial charge in [0.15, 0.2) is 0 Å². The number of nitrogens with zero attached hydrogens (tertiary/aromatic N) is 2. The second kappa shape index (κ2) is 5.46. The third kappa shape index (κ3) is 2.81. The Labute approximate surface area is 123 Å². The fourth-order valence-corrected chi connectivity index (χ4v) is 2.52. The molecule has 2 rings (SSSR count). The minimum atomic E-state index is -1.04. The average molecular weight is 295 g/mol. The van der Waals surface area contributed by atoms with E-state index in [9.17, 15) is 5.11 Å². The van der Waals surface area contributed by atoms with Crippen LogP contribution < -0.4 is 4.74 Å². The van der Waals surface area contributed by atoms with E-state index in [1.165, 1.54) is 0 Å². The molecule has 0 bridgehead atoms. The van der Waals surface area contributed by atoms with E-state index >= 15 is 0 Å². The lowest BCUT2D eigenvalue weighted by atomic mass is 9.89. The van der Waals surface area contributed by atoms with E-state index in [4.69, 9.17) is 16.3 Å². The molecule has 0 aliphatic carbocycles. The molecule has 1 unspecified atom stereocenters. The van der Waals surface area contributed by atoms with Gasteiger partial charge in [0.25, 0.3) is 0 Å². The molecule has 108 valence electrons. The van der Waals surface area contributed by atoms with Crippen LogP contribution in [0.3, 0.4) is 0 Å². The summed E-state index contributed by atoms with van der Waals surface area (Å²) in [7, 11) is 3.40. The molecule has 0 radical (unpaired) electrons. The third-order valence-corrected chi connectivity index (χ3v) is 3.96. The Kier molecular flexibility index (Phi) is 4.06. The predicted octanol–water partition coefficient (Wildman–Crippen LogP) is 2.84. The number of ether oxygens (including phenoxy) is 1. The van der Waals surface area contributed by atoms with Gasteiger partial charge in [0.1, 0.15) is 10.9 Å². The molecule has 4 nitrogen and oxygen atoms in total. The molecule has 0 aliphatic heterocycles. The molecule has 5 heteroatoms. The van der Waals surface area contributed by atoms with Crippen molar-refractivity contribution in [2.75, 3.05) is 7.11 Å². The summed E-state index contributed by atoms with van der Waals surface area (Å²) < 4.78 is 6.82. The molecule has 1 N–H and O–H groups in total. The van der Waals surface area contributed by atoms with E-state index in [-0.39, 0.29) is 0 Å². The average Bonchev–Trinajstić information content (AvgIpc) is 2.65. The van der Waals surface area contributed by atoms with Gasteiger partial charge < -0.3 is 9.84 Å². The summed E-state index contributed by atoms with van der Waals surface area (Å²) in [6, 6.07) is 7.42. The first-order chi connectivity index (χ1) is 9.35. The van der Waals surface area contributed by atoms with Crippen molar-refractivity contribution in [2.45, 2.75) is 25.9 Å². The Bertz CT molecular complexity index is 620. The van der Waals surface area contributed by atoms with Gasteiger partial charge >= 0.3 is 0 Å². The van der Waals surface area contributed by atoms with Gasteiger partial charge in [0, 0.05) is 19.0 Å². The fraction of sp³-hybridized carbons (Fsp3) is 0.400. The molecule has 2 aromatic rings. The first-order valence-corrected chi connectivity index (χ1v) is 6.78. The monoisotopic (exact) mass is 294 g/mol. The van der Waals surface area contributed by atoms with E-state index in [1.807, 2.05) is 31.2 Å². The number of hydrogen-bond donors (Lipinski definition) is 1. The zero-order valence-electron chi connectivity index (χ0n) is 12.1. The van der Waals surface area contributed by atoms with Gasteiger partial charge in [-0.1, -0.05) is 23.7 Å². The molecule has 0 fully saturated rings. The summed E-state index contributed by atoms with van der Waals surface area (Å²) in [5, 5.41) is 15.6. The molecule has 1 atom stereocenters. The largest absolute Gasteiger partial charge is 0.497 e. The first kappa shape index (κ1) is 14.9. The van der Waals surface area contributed by atoms with Crippen LogP contribution in [0.5, 0.6) is 5.75 Å². The van der Waals surface area contributed by atoms with Crippen molar-refractivity contribution in [2.24, 2.45) is 7.05 Å². The molecular weight excluding hydrogens is 276 g/mol. The second-order valence-corrected chi connectivity index (χ2v) is 5.52. The lowest BCUT2D eigenvalue weighted by Crippen LogP contribution is -2.24. The normalized spacial score (nSPS) is 14.1. The van der Waals surface area contributed by atoms with Crippen molar-refractivity contribution in [3.8, 4) is 5.75 Å². The van der Waals surface area contributed by atoms with Gasteiger partial charge in [-0.3, -0.25) is 4.68 Å². The SMILES string of the molecule is COc1cccc(C(C)(O)Cc2c(C)nn(C)c2Cl)c1. The van der Waals surface area contributed by atoms with E-state index < -0.39 is 5.60 Å². The molecule has 0 saturated carbocycles. The van der Waals surface area contributed by atoms with Crippen molar-refractivity contribution in [1.29, 1.82) is 0 Å². The molecule has 1 aromatic carbocycles. The van der Waals surface area contributed by atoms with E-state index in [0.717, 1.165) is 22.6 Å². The minimum Gasteiger partial charge on any atom is -0.497 e. The number of benzene rings is 1. The van der Waals surface area contributed by atoms with Gasteiger partial charge in [0.05, 0.1) is 18.4 Å². The zero-order valence-corrected chi connectivity index (χ0v) is 12.9. The standard InChI is InChI=1S/C15H19ClN2O2/c1-10-13(14(16)18(3)17-10)9-15(2,19)11-6-5-7-12(8-11)20-4/h5-8,19H,9H2,1-4H3. The van der Waals surface area contributed by atoms with Crippen LogP contribution in [-0.2, 0) is 19.1 Å². The highest BCUT2D eigenvalue weighted by atomic mass is 35.5. The van der Waals surface area contributed by atoms with Gasteiger partial charge in [-0.25, -0.2) is 0 Å². The summed E-state index contributed by atoms with van der Waals surface area (Å²) >= 11 is 6.23. The molecule has 0 aliphatic rings. The van der Waals surface area contributed by atoms with Gasteiger partial charge in [0.2, 0.25) is 0 Å². The minimum absolute atomic E-state index is 0.401. The van der Waals surface area contributed by atoms with Crippen molar-refractivity contribution >= 4 is 11.6 Å². The van der Waals surface area contributed by atoms with Crippen molar-refractivity contribution in [3.63, 3.8) is 0 Å². The van der Waals surface area contributed by atoms with Crippen LogP contribution in [0.4, 0.5) is 0 Å². The maximum absolute atomic E-state index is 10.8. The van der Waals surface area contributed by atoms with E-state index in [1.54, 1.807) is 25.8 Å². The quantitative estimate of drug-likeness (QED) is 0.943. The van der Waals surface area contributed by atoms with Gasteiger partial charge in [-0.05, 0) is 31.5 Å². The Morgan fingerprint density at radius 1 is 1.45 bits per heavy atom. The second-order valence-electron chi connectivity index (χ2n) is 5.16. The fourth-order valence-electron chi connectivity index (χ4n) is 2.28. The molecule has 0 amide bonds. The maximum Gasteiger partial charge on any atom is 0.130 e. The van der Waals surface area contributed by atoms with Crippen molar-refractivity contribution in [3.05, 3.63) is 46.2 Å². The van der Waals surface area contributed by atoms with Crippen molar-refractivity contribution < 1.29 is 9.84 Å². The number of hydrogen-bond acceptors (Lipinski definition) is 3. The number of halogens is 1. The zero-order chi connectivity index (χ0) is 14.9. The lowest BCUT2D eigenvalue weighted by molar-refractivity contribution is 0.0572. The Hall–Kier alpha value is -1.52. The summed E-state index contributed by atoms with van der Waals surface area (Å²) in [6.07, 6.45) is 0.401. The number of aryl methyl sites for hydroxylation is 2. The summed E-state index contributed by atoms with van der Waals surface area (Å²) in [5.74, 6) is 0.719. The highest BCUT2D eigenvalue weighted by Gasteiger charge is 2.27. The molecule has 0 saturated heterocycles. The Balaban J connectivity index is 2.34. The smallest absolute Gasteiger partial charge is 0.130 e. The first-order valence-electron chi connectivity index (χ1n) is 6.40. The van der Waals surface area contributed by atoms with Crippen LogP contribution in [0.1, 0.15) is 23.7 Å². The topological polar surface area (TPSA) is 47.3 Å². The van der Waals surface area contributed by atoms with Gasteiger partial charge in [-0.15, -0.1) is 0 Å². The van der Waals surface area contributed by atoms with Crippen LogP contribution in [0.25, 0.3) is 0 Å².